The number of hydrogen-bond donors (Lipinski definition) is 3. The lowest BCUT2D eigenvalue weighted by Gasteiger charge is -2.20. The van der Waals surface area contributed by atoms with E-state index in [4.69, 9.17) is 12.2 Å². The summed E-state index contributed by atoms with van der Waals surface area (Å²) in [6.45, 7) is 2.10. The highest BCUT2D eigenvalue weighted by Crippen LogP contribution is 2.26. The maximum Gasteiger partial charge on any atom is 0.245 e. The van der Waals surface area contributed by atoms with Crippen molar-refractivity contribution in [2.24, 2.45) is 5.92 Å². The van der Waals surface area contributed by atoms with E-state index in [0.29, 0.717) is 22.3 Å². The van der Waals surface area contributed by atoms with Gasteiger partial charge in [-0.2, -0.15) is 10.2 Å². The topological polar surface area (TPSA) is 91.4 Å². The molecule has 0 unspecified atom stereocenters. The van der Waals surface area contributed by atoms with E-state index in [-0.39, 0.29) is 12.5 Å². The fourth-order valence-electron chi connectivity index (χ4n) is 3.95. The number of nitrogens with one attached hydrogen (secondary N) is 3. The molecule has 1 aliphatic carbocycles. The maximum atomic E-state index is 12.6. The lowest BCUT2D eigenvalue weighted by molar-refractivity contribution is -0.116. The summed E-state index contributed by atoms with van der Waals surface area (Å²) in [6.07, 6.45) is 7.53. The molecular formula is C21H26N6OS. The molecule has 7 nitrogen and oxygen atoms in total. The molecule has 29 heavy (non-hydrogen) atoms. The van der Waals surface area contributed by atoms with Crippen LogP contribution in [-0.2, 0) is 17.8 Å². The van der Waals surface area contributed by atoms with E-state index in [1.807, 2.05) is 37.3 Å². The number of anilines is 1. The molecule has 0 spiro atoms. The molecule has 8 heteroatoms. The number of rotatable bonds is 6. The summed E-state index contributed by atoms with van der Waals surface area (Å²) in [6, 6.07) is 9.89. The van der Waals surface area contributed by atoms with Gasteiger partial charge in [-0.05, 0) is 31.5 Å². The first-order valence-electron chi connectivity index (χ1n) is 10.1. The number of amides is 1. The minimum atomic E-state index is -0.188. The Kier molecular flexibility index (Phi) is 5.89. The third kappa shape index (κ3) is 4.82. The summed E-state index contributed by atoms with van der Waals surface area (Å²) in [5.74, 6) is 1.72. The first kappa shape index (κ1) is 19.6. The van der Waals surface area contributed by atoms with Gasteiger partial charge < -0.3 is 5.32 Å². The highest BCUT2D eigenvalue weighted by Gasteiger charge is 2.16. The third-order valence-corrected chi connectivity index (χ3v) is 5.81. The van der Waals surface area contributed by atoms with Gasteiger partial charge in [0, 0.05) is 17.3 Å². The van der Waals surface area contributed by atoms with Crippen molar-refractivity contribution in [3.63, 3.8) is 0 Å². The second kappa shape index (κ2) is 8.73. The third-order valence-electron chi connectivity index (χ3n) is 5.50. The van der Waals surface area contributed by atoms with E-state index >= 15 is 0 Å². The van der Waals surface area contributed by atoms with Crippen molar-refractivity contribution in [1.29, 1.82) is 0 Å². The van der Waals surface area contributed by atoms with E-state index in [1.165, 1.54) is 32.1 Å². The van der Waals surface area contributed by atoms with Crippen LogP contribution in [0, 0.1) is 17.6 Å². The quantitative estimate of drug-likeness (QED) is 0.525. The van der Waals surface area contributed by atoms with Crippen LogP contribution in [0.3, 0.4) is 0 Å². The van der Waals surface area contributed by atoms with Crippen molar-refractivity contribution in [2.45, 2.75) is 52.0 Å². The molecule has 2 heterocycles. The number of nitrogens with zero attached hydrogens (tertiary/aromatic N) is 3. The number of carbonyl (C=O) groups is 1. The normalized spacial score (nSPS) is 14.8. The Bertz CT molecular complexity index is 1030. The Balaban J connectivity index is 1.41. The van der Waals surface area contributed by atoms with Crippen molar-refractivity contribution in [3.05, 3.63) is 46.4 Å². The molecule has 2 aromatic heterocycles. The second-order valence-electron chi connectivity index (χ2n) is 7.84. The summed E-state index contributed by atoms with van der Waals surface area (Å²) in [5.41, 5.74) is 3.15. The van der Waals surface area contributed by atoms with Crippen LogP contribution in [0.1, 0.15) is 43.4 Å². The molecule has 0 saturated heterocycles. The van der Waals surface area contributed by atoms with E-state index in [1.54, 1.807) is 4.57 Å². The van der Waals surface area contributed by atoms with Gasteiger partial charge in [0.15, 0.2) is 16.4 Å². The molecule has 1 aliphatic rings. The van der Waals surface area contributed by atoms with Crippen molar-refractivity contribution in [2.75, 3.05) is 5.32 Å². The number of benzene rings is 1. The zero-order valence-electron chi connectivity index (χ0n) is 16.6. The predicted molar refractivity (Wildman–Crippen MR) is 115 cm³/mol. The smallest absolute Gasteiger partial charge is 0.245 e. The lowest BCUT2D eigenvalue weighted by Crippen LogP contribution is -2.19. The van der Waals surface area contributed by atoms with Crippen molar-refractivity contribution < 1.29 is 4.79 Å². The SMILES string of the molecule is Cc1ccc(-c2n[nH]c(=S)n2CC(=O)Nc2cc(CC3CCCCC3)[nH]n2)cc1. The summed E-state index contributed by atoms with van der Waals surface area (Å²) in [7, 11) is 0. The molecule has 152 valence electrons. The van der Waals surface area contributed by atoms with Gasteiger partial charge in [0.2, 0.25) is 5.91 Å². The molecule has 0 bridgehead atoms. The molecule has 0 aliphatic heterocycles. The number of carbonyl (C=O) groups excluding carboxylic acids is 1. The van der Waals surface area contributed by atoms with Crippen LogP contribution in [-0.4, -0.2) is 30.9 Å². The van der Waals surface area contributed by atoms with E-state index in [2.05, 4.69) is 25.7 Å². The number of aryl methyl sites for hydroxylation is 1. The van der Waals surface area contributed by atoms with Crippen LogP contribution in [0.15, 0.2) is 30.3 Å². The molecule has 3 N–H and O–H groups in total. The van der Waals surface area contributed by atoms with Crippen molar-refractivity contribution >= 4 is 23.9 Å². The van der Waals surface area contributed by atoms with Crippen molar-refractivity contribution in [3.8, 4) is 11.4 Å². The number of hydrogen-bond acceptors (Lipinski definition) is 4. The van der Waals surface area contributed by atoms with Gasteiger partial charge in [-0.3, -0.25) is 19.6 Å². The number of aromatic nitrogens is 5. The largest absolute Gasteiger partial charge is 0.308 e. The number of aromatic amines is 2. The summed E-state index contributed by atoms with van der Waals surface area (Å²) >= 11 is 5.32. The molecule has 3 aromatic rings. The van der Waals surface area contributed by atoms with Gasteiger partial charge in [-0.15, -0.1) is 0 Å². The van der Waals surface area contributed by atoms with Crippen LogP contribution in [0.2, 0.25) is 0 Å². The van der Waals surface area contributed by atoms with Crippen molar-refractivity contribution in [1.82, 2.24) is 25.0 Å². The molecule has 0 atom stereocenters. The fraction of sp³-hybridized carbons (Fsp3) is 0.429. The molecule has 1 amide bonds. The minimum absolute atomic E-state index is 0.0728. The zero-order valence-corrected chi connectivity index (χ0v) is 17.4. The van der Waals surface area contributed by atoms with Gasteiger partial charge in [-0.25, -0.2) is 0 Å². The predicted octanol–water partition coefficient (Wildman–Crippen LogP) is 4.40. The maximum absolute atomic E-state index is 12.6. The van der Waals surface area contributed by atoms with E-state index < -0.39 is 0 Å². The van der Waals surface area contributed by atoms with Crippen LogP contribution in [0.4, 0.5) is 5.82 Å². The Hall–Kier alpha value is -2.74. The van der Waals surface area contributed by atoms with Crippen LogP contribution in [0.5, 0.6) is 0 Å². The first-order valence-corrected chi connectivity index (χ1v) is 10.6. The molecule has 4 rings (SSSR count). The Morgan fingerprint density at radius 3 is 2.69 bits per heavy atom. The molecule has 1 aromatic carbocycles. The standard InChI is InChI=1S/C21H26N6OS/c1-14-7-9-16(10-8-14)20-25-26-21(29)27(20)13-19(28)22-18-12-17(23-24-18)11-15-5-3-2-4-6-15/h7-10,12,15H,2-6,11,13H2,1H3,(H,26,29)(H2,22,23,24,28). The fourth-order valence-corrected chi connectivity index (χ4v) is 4.14. The average Bonchev–Trinajstić information content (AvgIpc) is 3.30. The van der Waals surface area contributed by atoms with E-state index in [9.17, 15) is 4.79 Å². The molecular weight excluding hydrogens is 384 g/mol. The monoisotopic (exact) mass is 410 g/mol. The molecule has 1 fully saturated rings. The average molecular weight is 411 g/mol. The zero-order chi connectivity index (χ0) is 20.2. The number of H-pyrrole nitrogens is 2. The van der Waals surface area contributed by atoms with Gasteiger partial charge in [0.05, 0.1) is 0 Å². The van der Waals surface area contributed by atoms with Gasteiger partial charge in [0.25, 0.3) is 0 Å². The van der Waals surface area contributed by atoms with Crippen LogP contribution >= 0.6 is 12.2 Å². The van der Waals surface area contributed by atoms with Gasteiger partial charge in [-0.1, -0.05) is 61.9 Å². The summed E-state index contributed by atoms with van der Waals surface area (Å²) in [4.78, 5) is 12.6. The van der Waals surface area contributed by atoms with Gasteiger partial charge in [0.1, 0.15) is 6.54 Å². The highest BCUT2D eigenvalue weighted by molar-refractivity contribution is 7.71. The van der Waals surface area contributed by atoms with Gasteiger partial charge >= 0.3 is 0 Å². The van der Waals surface area contributed by atoms with Crippen LogP contribution < -0.4 is 5.32 Å². The first-order chi connectivity index (χ1) is 14.1. The Labute approximate surface area is 174 Å². The van der Waals surface area contributed by atoms with E-state index in [0.717, 1.165) is 23.2 Å². The molecule has 1 saturated carbocycles. The minimum Gasteiger partial charge on any atom is -0.308 e. The summed E-state index contributed by atoms with van der Waals surface area (Å²) in [5, 5.41) is 17.2. The molecule has 0 radical (unpaired) electrons. The summed E-state index contributed by atoms with van der Waals surface area (Å²) < 4.78 is 2.11. The lowest BCUT2D eigenvalue weighted by atomic mass is 9.86. The Morgan fingerprint density at radius 1 is 1.17 bits per heavy atom. The van der Waals surface area contributed by atoms with Crippen LogP contribution in [0.25, 0.3) is 11.4 Å². The second-order valence-corrected chi connectivity index (χ2v) is 8.23. The Morgan fingerprint density at radius 2 is 1.93 bits per heavy atom. The highest BCUT2D eigenvalue weighted by atomic mass is 32.1.